The highest BCUT2D eigenvalue weighted by molar-refractivity contribution is 6.32. The van der Waals surface area contributed by atoms with Crippen molar-refractivity contribution in [3.8, 4) is 0 Å². The van der Waals surface area contributed by atoms with Crippen molar-refractivity contribution in [3.63, 3.8) is 0 Å². The summed E-state index contributed by atoms with van der Waals surface area (Å²) in [6.45, 7) is 3.08. The Bertz CT molecular complexity index is 1410. The number of carbonyl (C=O) groups excluding carboxylic acids is 1. The van der Waals surface area contributed by atoms with E-state index in [4.69, 9.17) is 16.0 Å². The second kappa shape index (κ2) is 10.1. The van der Waals surface area contributed by atoms with Gasteiger partial charge in [0.2, 0.25) is 0 Å². The summed E-state index contributed by atoms with van der Waals surface area (Å²) in [5, 5.41) is 9.69. The van der Waals surface area contributed by atoms with Crippen LogP contribution in [0.15, 0.2) is 40.8 Å². The van der Waals surface area contributed by atoms with Crippen LogP contribution in [0.5, 0.6) is 0 Å². The predicted octanol–water partition coefficient (Wildman–Crippen LogP) is 6.31. The molecule has 0 saturated carbocycles. The van der Waals surface area contributed by atoms with Gasteiger partial charge in [-0.05, 0) is 32.0 Å². The molecule has 0 bridgehead atoms. The molecule has 0 aliphatic heterocycles. The molecule has 190 valence electrons. The Morgan fingerprint density at radius 2 is 1.75 bits per heavy atom. The highest BCUT2D eigenvalue weighted by Gasteiger charge is 2.28. The topological polar surface area (TPSA) is 77.9 Å². The van der Waals surface area contributed by atoms with Crippen LogP contribution in [-0.4, -0.2) is 25.5 Å². The molecule has 7 nitrogen and oxygen atoms in total. The van der Waals surface area contributed by atoms with E-state index in [0.29, 0.717) is 27.3 Å². The Morgan fingerprint density at radius 1 is 1.03 bits per heavy atom. The first-order valence-corrected chi connectivity index (χ1v) is 10.9. The lowest BCUT2D eigenvalue weighted by Gasteiger charge is -2.07. The van der Waals surface area contributed by atoms with Crippen LogP contribution in [0.4, 0.5) is 27.6 Å². The third-order valence-electron chi connectivity index (χ3n) is 5.46. The van der Waals surface area contributed by atoms with Crippen LogP contribution in [0.1, 0.15) is 57.5 Å². The Balaban J connectivity index is 1.51. The maximum Gasteiger partial charge on any atom is 0.291 e. The number of anilines is 1. The van der Waals surface area contributed by atoms with Crippen molar-refractivity contribution < 1.29 is 31.2 Å². The number of halogens is 6. The van der Waals surface area contributed by atoms with Gasteiger partial charge < -0.3 is 9.73 Å². The second-order valence-electron chi connectivity index (χ2n) is 7.86. The van der Waals surface area contributed by atoms with E-state index in [1.165, 1.54) is 18.2 Å². The van der Waals surface area contributed by atoms with Gasteiger partial charge in [-0.2, -0.15) is 10.2 Å². The van der Waals surface area contributed by atoms with Crippen molar-refractivity contribution in [1.29, 1.82) is 0 Å². The maximum absolute atomic E-state index is 14.0. The van der Waals surface area contributed by atoms with Gasteiger partial charge in [-0.3, -0.25) is 14.2 Å². The predicted molar refractivity (Wildman–Crippen MR) is 120 cm³/mol. The van der Waals surface area contributed by atoms with Crippen LogP contribution in [0.3, 0.4) is 0 Å². The maximum atomic E-state index is 14.0. The molecule has 0 saturated heterocycles. The summed E-state index contributed by atoms with van der Waals surface area (Å²) >= 11 is 5.66. The fourth-order valence-electron chi connectivity index (χ4n) is 3.67. The molecule has 0 aliphatic carbocycles. The van der Waals surface area contributed by atoms with Crippen LogP contribution in [0, 0.1) is 19.7 Å². The molecule has 0 fully saturated rings. The average Bonchev–Trinajstić information content (AvgIpc) is 3.48. The quantitative estimate of drug-likeness (QED) is 0.273. The Kier molecular flexibility index (Phi) is 7.16. The molecule has 0 radical (unpaired) electrons. The highest BCUT2D eigenvalue weighted by Crippen LogP contribution is 2.35. The van der Waals surface area contributed by atoms with Crippen LogP contribution >= 0.6 is 11.6 Å². The van der Waals surface area contributed by atoms with Gasteiger partial charge in [-0.15, -0.1) is 0 Å². The fraction of sp³-hybridized carbons (Fsp3) is 0.261. The first-order chi connectivity index (χ1) is 17.1. The van der Waals surface area contributed by atoms with Gasteiger partial charge in [0, 0.05) is 5.56 Å². The number of hydrogen-bond acceptors (Lipinski definition) is 4. The second-order valence-corrected chi connectivity index (χ2v) is 8.24. The average molecular weight is 528 g/mol. The summed E-state index contributed by atoms with van der Waals surface area (Å²) in [6, 6.07) is 8.90. The van der Waals surface area contributed by atoms with Crippen molar-refractivity contribution in [2.75, 3.05) is 5.32 Å². The number of aryl methyl sites for hydroxylation is 1. The van der Waals surface area contributed by atoms with Crippen molar-refractivity contribution in [2.45, 2.75) is 39.8 Å². The van der Waals surface area contributed by atoms with E-state index in [1.807, 2.05) is 0 Å². The van der Waals surface area contributed by atoms with Crippen LogP contribution in [-0.2, 0) is 13.1 Å². The van der Waals surface area contributed by atoms with Gasteiger partial charge in [-0.25, -0.2) is 22.0 Å². The SMILES string of the molecule is Cc1nn(Cc2ccccc2F)c(C)c1NC(=O)c1ccc(Cn2nc(C(F)F)c(Cl)c2C(F)F)o1. The highest BCUT2D eigenvalue weighted by atomic mass is 35.5. The zero-order valence-electron chi connectivity index (χ0n) is 18.9. The van der Waals surface area contributed by atoms with Crippen LogP contribution in [0.2, 0.25) is 5.02 Å². The molecule has 36 heavy (non-hydrogen) atoms. The van der Waals surface area contributed by atoms with Crippen LogP contribution < -0.4 is 5.32 Å². The molecule has 0 unspecified atom stereocenters. The molecule has 0 aliphatic rings. The minimum atomic E-state index is -3.15. The Morgan fingerprint density at radius 3 is 2.42 bits per heavy atom. The van der Waals surface area contributed by atoms with E-state index in [1.54, 1.807) is 36.7 Å². The molecule has 4 aromatic rings. The zero-order valence-corrected chi connectivity index (χ0v) is 19.7. The summed E-state index contributed by atoms with van der Waals surface area (Å²) in [5.41, 5.74) is 0.0420. The molecule has 0 atom stereocenters. The number of amides is 1. The lowest BCUT2D eigenvalue weighted by Crippen LogP contribution is -2.13. The normalized spacial score (nSPS) is 11.6. The van der Waals surface area contributed by atoms with E-state index < -0.39 is 41.7 Å². The third-order valence-corrected chi connectivity index (χ3v) is 5.85. The standard InChI is InChI=1S/C23H19ClF5N5O2/c1-11-18(12(2)33(31-11)9-13-5-3-4-6-15(13)25)30-23(35)16-8-7-14(36-16)10-34-20(22(28)29)17(24)19(32-34)21(26)27/h3-8,21-22H,9-10H2,1-2H3,(H,30,35). The largest absolute Gasteiger partial charge is 0.454 e. The Hall–Kier alpha value is -3.67. The molecule has 0 spiro atoms. The molecule has 1 aromatic carbocycles. The number of benzene rings is 1. The number of nitrogens with one attached hydrogen (secondary N) is 1. The number of nitrogens with zero attached hydrogens (tertiary/aromatic N) is 4. The molecular weight excluding hydrogens is 509 g/mol. The van der Waals surface area contributed by atoms with Gasteiger partial charge in [0.25, 0.3) is 18.8 Å². The van der Waals surface area contributed by atoms with Crippen molar-refractivity contribution >= 4 is 23.2 Å². The van der Waals surface area contributed by atoms with Crippen molar-refractivity contribution in [3.05, 3.63) is 87.1 Å². The summed E-state index contributed by atoms with van der Waals surface area (Å²) in [6.07, 6.45) is -6.29. The summed E-state index contributed by atoms with van der Waals surface area (Å²) in [4.78, 5) is 12.8. The van der Waals surface area contributed by atoms with Gasteiger partial charge in [0.05, 0.1) is 35.2 Å². The van der Waals surface area contributed by atoms with E-state index in [0.717, 1.165) is 0 Å². The number of carbonyl (C=O) groups is 1. The Labute approximate surface area is 206 Å². The molecule has 4 rings (SSSR count). The van der Waals surface area contributed by atoms with Gasteiger partial charge in [0.1, 0.15) is 23.0 Å². The van der Waals surface area contributed by atoms with Crippen molar-refractivity contribution in [1.82, 2.24) is 19.6 Å². The number of aromatic nitrogens is 4. The van der Waals surface area contributed by atoms with Gasteiger partial charge in [0.15, 0.2) is 5.76 Å². The lowest BCUT2D eigenvalue weighted by atomic mass is 10.2. The van der Waals surface area contributed by atoms with E-state index in [9.17, 15) is 26.7 Å². The number of alkyl halides is 4. The summed E-state index contributed by atoms with van der Waals surface area (Å²) < 4.78 is 74.4. The molecule has 3 heterocycles. The minimum Gasteiger partial charge on any atom is -0.454 e. The third kappa shape index (κ3) is 4.99. The molecule has 3 aromatic heterocycles. The summed E-state index contributed by atoms with van der Waals surface area (Å²) in [5.74, 6) is -1.17. The molecule has 1 N–H and O–H groups in total. The first-order valence-electron chi connectivity index (χ1n) is 10.6. The summed E-state index contributed by atoms with van der Waals surface area (Å²) in [7, 11) is 0. The number of rotatable bonds is 8. The smallest absolute Gasteiger partial charge is 0.291 e. The monoisotopic (exact) mass is 527 g/mol. The van der Waals surface area contributed by atoms with E-state index >= 15 is 0 Å². The molecular formula is C23H19ClF5N5O2. The minimum absolute atomic E-state index is 0.0192. The molecule has 1 amide bonds. The van der Waals surface area contributed by atoms with E-state index in [2.05, 4.69) is 15.5 Å². The number of furan rings is 1. The fourth-order valence-corrected chi connectivity index (χ4v) is 3.97. The lowest BCUT2D eigenvalue weighted by molar-refractivity contribution is 0.0993. The van der Waals surface area contributed by atoms with Crippen LogP contribution in [0.25, 0.3) is 0 Å². The van der Waals surface area contributed by atoms with Gasteiger partial charge in [-0.1, -0.05) is 29.8 Å². The first kappa shape index (κ1) is 25.4. The van der Waals surface area contributed by atoms with Gasteiger partial charge >= 0.3 is 0 Å². The van der Waals surface area contributed by atoms with Crippen molar-refractivity contribution in [2.24, 2.45) is 0 Å². The zero-order chi connectivity index (χ0) is 26.1. The number of hydrogen-bond donors (Lipinski definition) is 1. The van der Waals surface area contributed by atoms with E-state index in [-0.39, 0.29) is 23.9 Å². The molecule has 13 heteroatoms.